The highest BCUT2D eigenvalue weighted by Crippen LogP contribution is 2.27. The van der Waals surface area contributed by atoms with Crippen LogP contribution in [0.1, 0.15) is 70.4 Å². The normalized spacial score (nSPS) is 11.6. The molecule has 0 saturated carbocycles. The van der Waals surface area contributed by atoms with Gasteiger partial charge in [0.1, 0.15) is 13.4 Å². The number of hydrogen-bond donors (Lipinski definition) is 0. The summed E-state index contributed by atoms with van der Waals surface area (Å²) in [6.45, 7) is 7.31. The molecule has 188 valence electrons. The van der Waals surface area contributed by atoms with Gasteiger partial charge in [-0.2, -0.15) is 5.10 Å². The monoisotopic (exact) mass is 491 g/mol. The standard InChI is InChI=1S/C29H41N3O2Si/c1-4-7-20-35(21-8-5-2,22-9-6-3)27-28(33)31(23-25-16-12-10-13-17-25)29(34)32(30-27)24-26-18-14-11-15-19-26/h10-19H,4-9,20-24H2,1-3H3. The van der Waals surface area contributed by atoms with Gasteiger partial charge in [-0.25, -0.2) is 9.48 Å². The summed E-state index contributed by atoms with van der Waals surface area (Å²) < 4.78 is 3.01. The number of hydrogen-bond acceptors (Lipinski definition) is 3. The average Bonchev–Trinajstić information content (AvgIpc) is 2.89. The summed E-state index contributed by atoms with van der Waals surface area (Å²) in [7, 11) is -2.20. The van der Waals surface area contributed by atoms with Gasteiger partial charge >= 0.3 is 5.69 Å². The Bertz CT molecular complexity index is 1130. The zero-order chi connectivity index (χ0) is 25.1. The van der Waals surface area contributed by atoms with E-state index in [0.29, 0.717) is 6.54 Å². The fourth-order valence-electron chi connectivity index (χ4n) is 4.93. The minimum absolute atomic E-state index is 0.154. The van der Waals surface area contributed by atoms with Crippen LogP contribution in [0.15, 0.2) is 70.3 Å². The molecule has 6 heteroatoms. The SMILES string of the molecule is CCCC[Si](CCCC)(CCCC)c1nn(Cc2ccccc2)c(=O)n(Cc2ccccc2)c1=O. The maximum absolute atomic E-state index is 14.1. The van der Waals surface area contributed by atoms with E-state index in [9.17, 15) is 9.59 Å². The molecule has 35 heavy (non-hydrogen) atoms. The van der Waals surface area contributed by atoms with Gasteiger partial charge in [-0.15, -0.1) is 0 Å². The summed E-state index contributed by atoms with van der Waals surface area (Å²) >= 11 is 0. The number of rotatable bonds is 14. The highest BCUT2D eigenvalue weighted by Gasteiger charge is 2.39. The lowest BCUT2D eigenvalue weighted by atomic mass is 10.2. The molecular formula is C29H41N3O2Si. The molecule has 0 aliphatic rings. The Morgan fingerprint density at radius 2 is 1.14 bits per heavy atom. The molecule has 0 aliphatic heterocycles. The molecule has 0 bridgehead atoms. The molecule has 5 nitrogen and oxygen atoms in total. The number of nitrogens with zero attached hydrogens (tertiary/aromatic N) is 3. The third-order valence-corrected chi connectivity index (χ3v) is 12.3. The highest BCUT2D eigenvalue weighted by molar-refractivity contribution is 6.91. The van der Waals surface area contributed by atoms with Gasteiger partial charge in [0, 0.05) is 0 Å². The molecule has 2 aromatic carbocycles. The van der Waals surface area contributed by atoms with Gasteiger partial charge in [0.25, 0.3) is 5.56 Å². The lowest BCUT2D eigenvalue weighted by molar-refractivity contribution is 0.549. The Morgan fingerprint density at radius 1 is 0.686 bits per heavy atom. The first kappa shape index (κ1) is 26.9. The number of aromatic nitrogens is 3. The van der Waals surface area contributed by atoms with E-state index in [0.717, 1.165) is 73.1 Å². The summed E-state index contributed by atoms with van der Waals surface area (Å²) in [6.07, 6.45) is 6.64. The van der Waals surface area contributed by atoms with E-state index in [1.807, 2.05) is 60.7 Å². The second-order valence-corrected chi connectivity index (χ2v) is 14.3. The summed E-state index contributed by atoms with van der Waals surface area (Å²) in [5.41, 5.74) is 1.49. The first-order chi connectivity index (χ1) is 17.0. The fraction of sp³-hybridized carbons (Fsp3) is 0.483. The van der Waals surface area contributed by atoms with E-state index < -0.39 is 8.07 Å². The van der Waals surface area contributed by atoms with Gasteiger partial charge in [-0.1, -0.05) is 138 Å². The first-order valence-electron chi connectivity index (χ1n) is 13.3. The largest absolute Gasteiger partial charge is 0.348 e. The topological polar surface area (TPSA) is 56.9 Å². The van der Waals surface area contributed by atoms with Crippen LogP contribution in [-0.2, 0) is 13.1 Å². The van der Waals surface area contributed by atoms with Crippen LogP contribution in [0.3, 0.4) is 0 Å². The second-order valence-electron chi connectivity index (χ2n) is 9.74. The third kappa shape index (κ3) is 6.91. The van der Waals surface area contributed by atoms with Crippen molar-refractivity contribution in [3.63, 3.8) is 0 Å². The fourth-order valence-corrected chi connectivity index (χ4v) is 10.4. The minimum Gasteiger partial charge on any atom is -0.268 e. The first-order valence-corrected chi connectivity index (χ1v) is 16.0. The molecule has 0 fully saturated rings. The van der Waals surface area contributed by atoms with Crippen molar-refractivity contribution in [3.05, 3.63) is 92.6 Å². The van der Waals surface area contributed by atoms with Crippen LogP contribution in [0, 0.1) is 0 Å². The predicted molar refractivity (Wildman–Crippen MR) is 148 cm³/mol. The summed E-state index contributed by atoms with van der Waals surface area (Å²) in [5.74, 6) is 0. The van der Waals surface area contributed by atoms with Gasteiger partial charge in [-0.05, 0) is 11.1 Å². The highest BCUT2D eigenvalue weighted by atomic mass is 28.3. The number of unbranched alkanes of at least 4 members (excludes halogenated alkanes) is 3. The molecule has 0 amide bonds. The molecule has 0 radical (unpaired) electrons. The van der Waals surface area contributed by atoms with E-state index in [4.69, 9.17) is 5.10 Å². The molecule has 3 rings (SSSR count). The van der Waals surface area contributed by atoms with Crippen molar-refractivity contribution in [3.8, 4) is 0 Å². The smallest absolute Gasteiger partial charge is 0.268 e. The Morgan fingerprint density at radius 3 is 1.60 bits per heavy atom. The van der Waals surface area contributed by atoms with E-state index in [-0.39, 0.29) is 17.8 Å². The lowest BCUT2D eigenvalue weighted by Gasteiger charge is -2.31. The predicted octanol–water partition coefficient (Wildman–Crippen LogP) is 5.56. The molecule has 3 aromatic rings. The summed E-state index contributed by atoms with van der Waals surface area (Å²) in [5, 5.41) is 5.65. The summed E-state index contributed by atoms with van der Waals surface area (Å²) in [4.78, 5) is 27.7. The Labute approximate surface area is 210 Å². The average molecular weight is 492 g/mol. The molecule has 0 N–H and O–H groups in total. The molecule has 0 saturated heterocycles. The van der Waals surface area contributed by atoms with Crippen LogP contribution in [0.4, 0.5) is 0 Å². The van der Waals surface area contributed by atoms with Crippen molar-refractivity contribution in [2.45, 2.75) is 90.5 Å². The Hall–Kier alpha value is -2.73. The van der Waals surface area contributed by atoms with Gasteiger partial charge in [0.05, 0.1) is 13.1 Å². The van der Waals surface area contributed by atoms with E-state index in [1.165, 1.54) is 4.57 Å². The molecule has 0 unspecified atom stereocenters. The maximum atomic E-state index is 14.1. The second kappa shape index (κ2) is 13.4. The van der Waals surface area contributed by atoms with Crippen molar-refractivity contribution in [1.82, 2.24) is 14.3 Å². The van der Waals surface area contributed by atoms with Gasteiger partial charge in [0.2, 0.25) is 0 Å². The Balaban J connectivity index is 2.22. The molecule has 1 heterocycles. The summed E-state index contributed by atoms with van der Waals surface area (Å²) in [6, 6.07) is 23.0. The minimum atomic E-state index is -2.20. The van der Waals surface area contributed by atoms with E-state index in [2.05, 4.69) is 20.8 Å². The molecule has 0 spiro atoms. The maximum Gasteiger partial charge on any atom is 0.348 e. The van der Waals surface area contributed by atoms with Crippen molar-refractivity contribution in [1.29, 1.82) is 0 Å². The van der Waals surface area contributed by atoms with Crippen LogP contribution in [0.2, 0.25) is 18.1 Å². The zero-order valence-electron chi connectivity index (χ0n) is 21.7. The Kier molecular flexibility index (Phi) is 10.3. The van der Waals surface area contributed by atoms with Gasteiger partial charge in [-0.3, -0.25) is 9.36 Å². The van der Waals surface area contributed by atoms with Crippen LogP contribution >= 0.6 is 0 Å². The van der Waals surface area contributed by atoms with Crippen molar-refractivity contribution in [2.24, 2.45) is 0 Å². The van der Waals surface area contributed by atoms with Crippen molar-refractivity contribution >= 4 is 13.4 Å². The molecular weight excluding hydrogens is 450 g/mol. The lowest BCUT2D eigenvalue weighted by Crippen LogP contribution is -2.62. The van der Waals surface area contributed by atoms with Gasteiger partial charge < -0.3 is 0 Å². The van der Waals surface area contributed by atoms with E-state index in [1.54, 1.807) is 4.68 Å². The van der Waals surface area contributed by atoms with Crippen LogP contribution in [0.5, 0.6) is 0 Å². The van der Waals surface area contributed by atoms with Gasteiger partial charge in [0.15, 0.2) is 0 Å². The van der Waals surface area contributed by atoms with Crippen molar-refractivity contribution in [2.75, 3.05) is 0 Å². The third-order valence-electron chi connectivity index (χ3n) is 7.01. The number of benzene rings is 2. The quantitative estimate of drug-likeness (QED) is 0.278. The van der Waals surface area contributed by atoms with E-state index >= 15 is 0 Å². The zero-order valence-corrected chi connectivity index (χ0v) is 22.7. The molecule has 0 atom stereocenters. The molecule has 0 aliphatic carbocycles. The van der Waals surface area contributed by atoms with Crippen LogP contribution in [0.25, 0.3) is 0 Å². The molecule has 1 aromatic heterocycles. The van der Waals surface area contributed by atoms with Crippen LogP contribution in [-0.4, -0.2) is 22.4 Å². The van der Waals surface area contributed by atoms with Crippen LogP contribution < -0.4 is 16.6 Å². The van der Waals surface area contributed by atoms with Crippen molar-refractivity contribution < 1.29 is 0 Å².